The molecule has 24 heavy (non-hydrogen) atoms. The Kier molecular flexibility index (Phi) is 5.18. The molecule has 0 fully saturated rings. The molecule has 0 aliphatic rings. The lowest BCUT2D eigenvalue weighted by Crippen LogP contribution is -2.44. The third-order valence-electron chi connectivity index (χ3n) is 4.53. The normalized spacial score (nSPS) is 13.5. The molecule has 1 aromatic heterocycles. The lowest BCUT2D eigenvalue weighted by molar-refractivity contribution is -0.122. The first kappa shape index (κ1) is 18.3. The first-order valence-corrected chi connectivity index (χ1v) is 8.24. The van der Waals surface area contributed by atoms with Gasteiger partial charge in [0.05, 0.1) is 17.1 Å². The van der Waals surface area contributed by atoms with Gasteiger partial charge in [-0.05, 0) is 18.1 Å². The summed E-state index contributed by atoms with van der Waals surface area (Å²) < 4.78 is 3.01. The quantitative estimate of drug-likeness (QED) is 0.841. The fraction of sp³-hybridized carbons (Fsp3) is 0.556. The smallest absolute Gasteiger partial charge is 0.329 e. The van der Waals surface area contributed by atoms with Gasteiger partial charge in [-0.3, -0.25) is 13.9 Å². The van der Waals surface area contributed by atoms with E-state index in [2.05, 4.69) is 5.32 Å². The van der Waals surface area contributed by atoms with Crippen LogP contribution in [0.15, 0.2) is 29.1 Å². The Morgan fingerprint density at radius 2 is 1.83 bits per heavy atom. The molecule has 0 spiro atoms. The van der Waals surface area contributed by atoms with E-state index in [9.17, 15) is 14.7 Å². The third-order valence-corrected chi connectivity index (χ3v) is 4.53. The van der Waals surface area contributed by atoms with Crippen LogP contribution in [0.25, 0.3) is 11.0 Å². The van der Waals surface area contributed by atoms with Crippen molar-refractivity contribution in [3.05, 3.63) is 34.7 Å². The van der Waals surface area contributed by atoms with E-state index < -0.39 is 11.5 Å². The molecule has 132 valence electrons. The Balaban J connectivity index is 2.12. The fourth-order valence-corrected chi connectivity index (χ4v) is 3.05. The van der Waals surface area contributed by atoms with Crippen LogP contribution in [-0.4, -0.2) is 32.8 Å². The summed E-state index contributed by atoms with van der Waals surface area (Å²) in [5.41, 5.74) is 0.883. The molecule has 6 nitrogen and oxygen atoms in total. The number of amides is 1. The summed E-state index contributed by atoms with van der Waals surface area (Å²) in [7, 11) is 1.70. The van der Waals surface area contributed by atoms with Gasteiger partial charge in [-0.25, -0.2) is 4.79 Å². The largest absolute Gasteiger partial charge is 0.392 e. The number of aryl methyl sites for hydroxylation is 1. The number of para-hydroxylation sites is 2. The average Bonchev–Trinajstić information content (AvgIpc) is 2.77. The highest BCUT2D eigenvalue weighted by Crippen LogP contribution is 2.25. The zero-order valence-electron chi connectivity index (χ0n) is 15.0. The molecule has 1 heterocycles. The van der Waals surface area contributed by atoms with Gasteiger partial charge in [0.15, 0.2) is 0 Å². The van der Waals surface area contributed by atoms with E-state index in [0.29, 0.717) is 6.54 Å². The number of rotatable bonds is 6. The van der Waals surface area contributed by atoms with E-state index in [-0.39, 0.29) is 24.1 Å². The number of imidazole rings is 1. The Morgan fingerprint density at radius 1 is 1.25 bits per heavy atom. The number of fused-ring (bicyclic) bond motifs is 1. The van der Waals surface area contributed by atoms with Gasteiger partial charge in [-0.2, -0.15) is 0 Å². The van der Waals surface area contributed by atoms with Crippen LogP contribution in [0.3, 0.4) is 0 Å². The molecular formula is C18H27N3O3. The second-order valence-electron chi connectivity index (χ2n) is 7.37. The molecule has 1 aromatic carbocycles. The molecule has 2 aromatic rings. The highest BCUT2D eigenvalue weighted by atomic mass is 16.3. The van der Waals surface area contributed by atoms with Gasteiger partial charge in [0, 0.05) is 19.0 Å². The van der Waals surface area contributed by atoms with Crippen molar-refractivity contribution in [1.82, 2.24) is 14.5 Å². The molecule has 2 rings (SSSR count). The predicted molar refractivity (Wildman–Crippen MR) is 94.8 cm³/mol. The minimum Gasteiger partial charge on any atom is -0.392 e. The van der Waals surface area contributed by atoms with E-state index in [0.717, 1.165) is 11.0 Å². The van der Waals surface area contributed by atoms with Crippen LogP contribution in [0.4, 0.5) is 0 Å². The molecule has 0 radical (unpaired) electrons. The standard InChI is InChI=1S/C18H27N3O3/c1-12(2)16(23)18(3,4)11-19-15(22)10-21-14-9-7-6-8-13(14)20(5)17(21)24/h6-9,12,16,23H,10-11H2,1-5H3,(H,19,22). The summed E-state index contributed by atoms with van der Waals surface area (Å²) >= 11 is 0. The lowest BCUT2D eigenvalue weighted by atomic mass is 9.81. The van der Waals surface area contributed by atoms with Crippen LogP contribution < -0.4 is 11.0 Å². The van der Waals surface area contributed by atoms with Gasteiger partial charge in [-0.1, -0.05) is 39.8 Å². The predicted octanol–water partition coefficient (Wildman–Crippen LogP) is 1.50. The third kappa shape index (κ3) is 3.53. The number of aromatic nitrogens is 2. The number of hydrogen-bond acceptors (Lipinski definition) is 3. The van der Waals surface area contributed by atoms with Crippen molar-refractivity contribution in [2.24, 2.45) is 18.4 Å². The topological polar surface area (TPSA) is 76.3 Å². The van der Waals surface area contributed by atoms with E-state index in [1.54, 1.807) is 7.05 Å². The van der Waals surface area contributed by atoms with Crippen LogP contribution in [0.2, 0.25) is 0 Å². The number of aliphatic hydroxyl groups excluding tert-OH is 1. The van der Waals surface area contributed by atoms with Crippen LogP contribution in [0, 0.1) is 11.3 Å². The molecule has 2 N–H and O–H groups in total. The summed E-state index contributed by atoms with van der Waals surface area (Å²) in [6, 6.07) is 7.39. The van der Waals surface area contributed by atoms with Gasteiger partial charge >= 0.3 is 5.69 Å². The highest BCUT2D eigenvalue weighted by Gasteiger charge is 2.30. The van der Waals surface area contributed by atoms with Gasteiger partial charge in [0.25, 0.3) is 0 Å². The summed E-state index contributed by atoms with van der Waals surface area (Å²) in [5, 5.41) is 13.1. The minimum absolute atomic E-state index is 0.0337. The molecule has 1 atom stereocenters. The van der Waals surface area contributed by atoms with E-state index in [4.69, 9.17) is 0 Å². The van der Waals surface area contributed by atoms with Crippen molar-refractivity contribution in [3.8, 4) is 0 Å². The monoisotopic (exact) mass is 333 g/mol. The van der Waals surface area contributed by atoms with Crippen molar-refractivity contribution >= 4 is 16.9 Å². The number of hydrogen-bond donors (Lipinski definition) is 2. The first-order valence-electron chi connectivity index (χ1n) is 8.24. The van der Waals surface area contributed by atoms with Crippen LogP contribution in [0.5, 0.6) is 0 Å². The summed E-state index contributed by atoms with van der Waals surface area (Å²) in [4.78, 5) is 24.6. The second kappa shape index (κ2) is 6.81. The molecule has 0 saturated heterocycles. The van der Waals surface area contributed by atoms with Crippen LogP contribution in [0.1, 0.15) is 27.7 Å². The Labute approximate surface area is 142 Å². The maximum absolute atomic E-state index is 12.3. The first-order chi connectivity index (χ1) is 11.1. The van der Waals surface area contributed by atoms with Crippen molar-refractivity contribution in [1.29, 1.82) is 0 Å². The number of carbonyl (C=O) groups excluding carboxylic acids is 1. The van der Waals surface area contributed by atoms with E-state index in [1.807, 2.05) is 52.0 Å². The molecule has 6 heteroatoms. The molecule has 0 aliphatic heterocycles. The summed E-state index contributed by atoms with van der Waals surface area (Å²) in [6.07, 6.45) is -0.516. The Hall–Kier alpha value is -2.08. The zero-order chi connectivity index (χ0) is 18.1. The highest BCUT2D eigenvalue weighted by molar-refractivity contribution is 5.80. The number of nitrogens with one attached hydrogen (secondary N) is 1. The van der Waals surface area contributed by atoms with Crippen molar-refractivity contribution in [2.45, 2.75) is 40.3 Å². The molecular weight excluding hydrogens is 306 g/mol. The maximum atomic E-state index is 12.3. The van der Waals surface area contributed by atoms with Gasteiger partial charge in [-0.15, -0.1) is 0 Å². The van der Waals surface area contributed by atoms with Gasteiger partial charge < -0.3 is 10.4 Å². The molecule has 0 bridgehead atoms. The number of benzene rings is 1. The summed E-state index contributed by atoms with van der Waals surface area (Å²) in [5.74, 6) is -0.130. The Morgan fingerprint density at radius 3 is 2.42 bits per heavy atom. The van der Waals surface area contributed by atoms with Crippen molar-refractivity contribution in [3.63, 3.8) is 0 Å². The van der Waals surface area contributed by atoms with Crippen molar-refractivity contribution in [2.75, 3.05) is 6.54 Å². The Bertz CT molecular complexity index is 786. The van der Waals surface area contributed by atoms with E-state index in [1.165, 1.54) is 9.13 Å². The maximum Gasteiger partial charge on any atom is 0.329 e. The number of aliphatic hydroxyl groups is 1. The van der Waals surface area contributed by atoms with Crippen molar-refractivity contribution < 1.29 is 9.90 Å². The molecule has 1 amide bonds. The van der Waals surface area contributed by atoms with Gasteiger partial charge in [0.1, 0.15) is 6.54 Å². The molecule has 0 aliphatic carbocycles. The lowest BCUT2D eigenvalue weighted by Gasteiger charge is -2.33. The second-order valence-corrected chi connectivity index (χ2v) is 7.37. The fourth-order valence-electron chi connectivity index (χ4n) is 3.05. The van der Waals surface area contributed by atoms with Gasteiger partial charge in [0.2, 0.25) is 5.91 Å². The number of nitrogens with zero attached hydrogens (tertiary/aromatic N) is 2. The van der Waals surface area contributed by atoms with Crippen LogP contribution >= 0.6 is 0 Å². The average molecular weight is 333 g/mol. The molecule has 1 unspecified atom stereocenters. The van der Waals surface area contributed by atoms with Crippen LogP contribution in [-0.2, 0) is 18.4 Å². The minimum atomic E-state index is -0.516. The molecule has 0 saturated carbocycles. The van der Waals surface area contributed by atoms with E-state index >= 15 is 0 Å². The zero-order valence-corrected chi connectivity index (χ0v) is 15.0. The number of carbonyl (C=O) groups is 1. The SMILES string of the molecule is CC(C)C(O)C(C)(C)CNC(=O)Cn1c(=O)n(C)c2ccccc21. The summed E-state index contributed by atoms with van der Waals surface area (Å²) in [6.45, 7) is 8.05.